The van der Waals surface area contributed by atoms with Crippen molar-refractivity contribution in [2.45, 2.75) is 6.54 Å². The first kappa shape index (κ1) is 22.6. The van der Waals surface area contributed by atoms with Crippen molar-refractivity contribution in [2.75, 3.05) is 7.11 Å². The minimum atomic E-state index is -0.489. The first-order valence-corrected chi connectivity index (χ1v) is 11.2. The van der Waals surface area contributed by atoms with Crippen LogP contribution in [0.15, 0.2) is 82.3 Å². The minimum Gasteiger partial charge on any atom is -0.497 e. The van der Waals surface area contributed by atoms with E-state index in [2.05, 4.69) is 0 Å². The smallest absolute Gasteiger partial charge is 0.336 e. The number of thioether (sulfide) groups is 1. The Kier molecular flexibility index (Phi) is 7.07. The molecule has 0 radical (unpaired) electrons. The van der Waals surface area contributed by atoms with Gasteiger partial charge < -0.3 is 13.9 Å². The van der Waals surface area contributed by atoms with Crippen LogP contribution in [-0.2, 0) is 16.1 Å². The van der Waals surface area contributed by atoms with Gasteiger partial charge in [-0.25, -0.2) is 4.79 Å². The average Bonchev–Trinajstić information content (AvgIpc) is 3.43. The summed E-state index contributed by atoms with van der Waals surface area (Å²) in [6.45, 7) is 0.300. The van der Waals surface area contributed by atoms with E-state index < -0.39 is 5.97 Å². The number of nitrogens with zero attached hydrogens (tertiary/aromatic N) is 1. The summed E-state index contributed by atoms with van der Waals surface area (Å²) >= 11 is 6.59. The Hall–Kier alpha value is -3.62. The molecule has 166 valence electrons. The molecule has 1 fully saturated rings. The highest BCUT2D eigenvalue weighted by Gasteiger charge is 2.32. The molecule has 1 saturated heterocycles. The van der Waals surface area contributed by atoms with Gasteiger partial charge in [0.1, 0.15) is 21.6 Å². The fourth-order valence-corrected chi connectivity index (χ4v) is 4.26. The van der Waals surface area contributed by atoms with Gasteiger partial charge in [0.25, 0.3) is 5.91 Å². The summed E-state index contributed by atoms with van der Waals surface area (Å²) < 4.78 is 16.2. The van der Waals surface area contributed by atoms with Crippen molar-refractivity contribution in [3.05, 3.63) is 94.8 Å². The van der Waals surface area contributed by atoms with Crippen molar-refractivity contribution in [2.24, 2.45) is 0 Å². The van der Waals surface area contributed by atoms with Gasteiger partial charge in [-0.15, -0.1) is 0 Å². The van der Waals surface area contributed by atoms with Crippen LogP contribution < -0.4 is 9.47 Å². The lowest BCUT2D eigenvalue weighted by Gasteiger charge is -2.11. The molecule has 0 saturated carbocycles. The molecular weight excluding hydrogens is 458 g/mol. The zero-order chi connectivity index (χ0) is 23.2. The molecule has 0 aliphatic carbocycles. The lowest BCUT2D eigenvalue weighted by molar-refractivity contribution is -0.129. The number of furan rings is 1. The Morgan fingerprint density at radius 3 is 2.42 bits per heavy atom. The van der Waals surface area contributed by atoms with Gasteiger partial charge in [0.15, 0.2) is 0 Å². The van der Waals surface area contributed by atoms with Crippen molar-refractivity contribution in [1.82, 2.24) is 4.90 Å². The third kappa shape index (κ3) is 5.79. The molecular formula is C25H19NO5S2. The molecule has 1 aromatic heterocycles. The molecule has 2 heterocycles. The Morgan fingerprint density at radius 2 is 1.76 bits per heavy atom. The molecule has 3 aromatic rings. The normalized spacial score (nSPS) is 14.9. The van der Waals surface area contributed by atoms with Gasteiger partial charge >= 0.3 is 5.97 Å². The predicted octanol–water partition coefficient (Wildman–Crippen LogP) is 5.31. The highest BCUT2D eigenvalue weighted by molar-refractivity contribution is 8.26. The van der Waals surface area contributed by atoms with Crippen LogP contribution >= 0.6 is 24.0 Å². The largest absolute Gasteiger partial charge is 0.497 e. The fourth-order valence-electron chi connectivity index (χ4n) is 3.01. The number of thiocarbonyl (C=S) groups is 1. The second kappa shape index (κ2) is 10.3. The molecule has 0 N–H and O–H groups in total. The van der Waals surface area contributed by atoms with Crippen LogP contribution in [0.4, 0.5) is 0 Å². The summed E-state index contributed by atoms with van der Waals surface area (Å²) in [5.74, 6) is 1.16. The van der Waals surface area contributed by atoms with Crippen molar-refractivity contribution in [3.63, 3.8) is 0 Å². The third-order valence-electron chi connectivity index (χ3n) is 4.69. The van der Waals surface area contributed by atoms with Crippen LogP contribution in [0.2, 0.25) is 0 Å². The molecule has 8 heteroatoms. The van der Waals surface area contributed by atoms with E-state index in [1.54, 1.807) is 61.9 Å². The average molecular weight is 478 g/mol. The fraction of sp³-hybridized carbons (Fsp3) is 0.0800. The zero-order valence-corrected chi connectivity index (χ0v) is 19.2. The summed E-state index contributed by atoms with van der Waals surface area (Å²) in [6.07, 6.45) is 6.35. The van der Waals surface area contributed by atoms with E-state index >= 15 is 0 Å². The number of ether oxygens (including phenoxy) is 2. The van der Waals surface area contributed by atoms with E-state index in [4.69, 9.17) is 26.1 Å². The number of amides is 1. The van der Waals surface area contributed by atoms with Crippen LogP contribution in [0.25, 0.3) is 12.2 Å². The van der Waals surface area contributed by atoms with Crippen LogP contribution in [0, 0.1) is 0 Å². The summed E-state index contributed by atoms with van der Waals surface area (Å²) in [5, 5.41) is 0. The molecule has 33 heavy (non-hydrogen) atoms. The molecule has 0 bridgehead atoms. The second-order valence-corrected chi connectivity index (χ2v) is 8.62. The monoisotopic (exact) mass is 477 g/mol. The molecule has 4 rings (SSSR count). The van der Waals surface area contributed by atoms with E-state index in [1.807, 2.05) is 24.3 Å². The Labute approximate surface area is 200 Å². The molecule has 1 amide bonds. The van der Waals surface area contributed by atoms with Crippen molar-refractivity contribution >= 4 is 52.3 Å². The van der Waals surface area contributed by atoms with Gasteiger partial charge in [-0.05, 0) is 59.7 Å². The number of methoxy groups -OCH3 is 1. The van der Waals surface area contributed by atoms with Crippen molar-refractivity contribution in [1.29, 1.82) is 0 Å². The van der Waals surface area contributed by atoms with E-state index in [1.165, 1.54) is 22.7 Å². The Bertz CT molecular complexity index is 1210. The number of carbonyl (C=O) groups is 2. The maximum Gasteiger partial charge on any atom is 0.336 e. The predicted molar refractivity (Wildman–Crippen MR) is 132 cm³/mol. The number of hydrogen-bond donors (Lipinski definition) is 0. The maximum atomic E-state index is 12.7. The van der Waals surface area contributed by atoms with Gasteiger partial charge in [0, 0.05) is 6.08 Å². The summed E-state index contributed by atoms with van der Waals surface area (Å²) in [4.78, 5) is 26.8. The Morgan fingerprint density at radius 1 is 1.06 bits per heavy atom. The van der Waals surface area contributed by atoms with Crippen molar-refractivity contribution < 1.29 is 23.5 Å². The van der Waals surface area contributed by atoms with Crippen LogP contribution in [-0.4, -0.2) is 28.2 Å². The molecule has 6 nitrogen and oxygen atoms in total. The molecule has 0 spiro atoms. The lowest BCUT2D eigenvalue weighted by atomic mass is 10.2. The lowest BCUT2D eigenvalue weighted by Crippen LogP contribution is -2.27. The van der Waals surface area contributed by atoms with Crippen LogP contribution in [0.5, 0.6) is 11.5 Å². The van der Waals surface area contributed by atoms with E-state index in [9.17, 15) is 9.59 Å². The van der Waals surface area contributed by atoms with E-state index in [0.717, 1.165) is 16.9 Å². The summed E-state index contributed by atoms with van der Waals surface area (Å²) in [7, 11) is 1.60. The number of carbonyl (C=O) groups excluding carboxylic acids is 2. The minimum absolute atomic E-state index is 0.166. The first-order valence-electron chi connectivity index (χ1n) is 9.93. The van der Waals surface area contributed by atoms with Crippen LogP contribution in [0.1, 0.15) is 16.9 Å². The molecule has 1 aliphatic heterocycles. The maximum absolute atomic E-state index is 12.7. The molecule has 0 unspecified atom stereocenters. The number of benzene rings is 2. The second-order valence-electron chi connectivity index (χ2n) is 6.94. The number of esters is 1. The van der Waals surface area contributed by atoms with Gasteiger partial charge in [0.2, 0.25) is 0 Å². The molecule has 2 aromatic carbocycles. The van der Waals surface area contributed by atoms with E-state index in [0.29, 0.717) is 27.3 Å². The summed E-state index contributed by atoms with van der Waals surface area (Å²) in [5.41, 5.74) is 1.65. The Balaban J connectivity index is 1.36. The highest BCUT2D eigenvalue weighted by atomic mass is 32.2. The zero-order valence-electron chi connectivity index (χ0n) is 17.6. The SMILES string of the molecule is COc1ccc(/C=C/C(=O)Oc2ccc(/C=C3/SC(=S)N(Cc4ccco4)C3=O)cc2)cc1. The van der Waals surface area contributed by atoms with Crippen LogP contribution in [0.3, 0.4) is 0 Å². The van der Waals surface area contributed by atoms with E-state index in [-0.39, 0.29) is 5.91 Å². The topological polar surface area (TPSA) is 69.0 Å². The summed E-state index contributed by atoms with van der Waals surface area (Å²) in [6, 6.07) is 17.8. The number of rotatable bonds is 7. The molecule has 1 aliphatic rings. The van der Waals surface area contributed by atoms with Crippen molar-refractivity contribution in [3.8, 4) is 11.5 Å². The quantitative estimate of drug-likeness (QED) is 0.198. The van der Waals surface area contributed by atoms with Gasteiger partial charge in [0.05, 0.1) is 24.8 Å². The van der Waals surface area contributed by atoms with Gasteiger partial charge in [-0.2, -0.15) is 0 Å². The van der Waals surface area contributed by atoms with Gasteiger partial charge in [-0.1, -0.05) is 48.2 Å². The highest BCUT2D eigenvalue weighted by Crippen LogP contribution is 2.33. The van der Waals surface area contributed by atoms with Gasteiger partial charge in [-0.3, -0.25) is 9.69 Å². The molecule has 0 atom stereocenters. The third-order valence-corrected chi connectivity index (χ3v) is 6.07. The first-order chi connectivity index (χ1) is 16.0. The number of hydrogen-bond acceptors (Lipinski definition) is 7. The standard InChI is InChI=1S/C25H19NO5S2/c1-29-19-9-4-17(5-10-19)8-13-23(27)31-20-11-6-18(7-12-20)15-22-24(28)26(25(32)33-22)16-21-3-2-14-30-21/h2-15H,16H2,1H3/b13-8+,22-15+.